The van der Waals surface area contributed by atoms with Crippen LogP contribution in [0.15, 0.2) is 127 Å². The highest BCUT2D eigenvalue weighted by Gasteiger charge is 2.20. The SMILES string of the molecule is C#Cc1c(/C=C\C)c2ccccc2n1-c1ccccc1-c1ccccc1-n1c2ccccc2c2ccccc21. The van der Waals surface area contributed by atoms with E-state index in [0.717, 1.165) is 44.7 Å². The van der Waals surface area contributed by atoms with Crippen molar-refractivity contribution >= 4 is 38.8 Å². The molecule has 0 spiro atoms. The first kappa shape index (κ1) is 22.9. The summed E-state index contributed by atoms with van der Waals surface area (Å²) in [6, 6.07) is 43.0. The summed E-state index contributed by atoms with van der Waals surface area (Å²) in [6.07, 6.45) is 10.4. The lowest BCUT2D eigenvalue weighted by Crippen LogP contribution is -2.03. The summed E-state index contributed by atoms with van der Waals surface area (Å²) >= 11 is 0. The minimum Gasteiger partial charge on any atom is -0.309 e. The second-order valence-corrected chi connectivity index (χ2v) is 9.66. The standard InChI is InChI=1S/C37H26N2/c1-3-15-26-27-16-5-10-21-33(27)38(32(26)4-2)34-22-11-6-17-28(34)29-18-7-12-23-35(29)39-36-24-13-8-19-30(36)31-20-9-14-25-37(31)39/h2-3,5-25H,1H3/b15-3-. The van der Waals surface area contributed by atoms with Gasteiger partial charge >= 0.3 is 0 Å². The number of benzene rings is 5. The maximum atomic E-state index is 6.19. The van der Waals surface area contributed by atoms with Gasteiger partial charge in [0.1, 0.15) is 5.69 Å². The third kappa shape index (κ3) is 3.45. The Bertz CT molecular complexity index is 2040. The zero-order valence-corrected chi connectivity index (χ0v) is 21.7. The molecule has 7 aromatic rings. The van der Waals surface area contributed by atoms with E-state index in [4.69, 9.17) is 6.42 Å². The third-order valence-corrected chi connectivity index (χ3v) is 7.54. The number of hydrogen-bond acceptors (Lipinski definition) is 0. The molecular formula is C37H26N2. The molecule has 0 unspecified atom stereocenters. The minimum absolute atomic E-state index is 0.857. The summed E-state index contributed by atoms with van der Waals surface area (Å²) < 4.78 is 4.63. The van der Waals surface area contributed by atoms with E-state index in [1.807, 2.05) is 6.92 Å². The summed E-state index contributed by atoms with van der Waals surface area (Å²) in [5.41, 5.74) is 9.87. The molecular weight excluding hydrogens is 472 g/mol. The van der Waals surface area contributed by atoms with Crippen LogP contribution < -0.4 is 0 Å². The predicted molar refractivity (Wildman–Crippen MR) is 166 cm³/mol. The molecule has 0 aliphatic rings. The Morgan fingerprint density at radius 3 is 1.51 bits per heavy atom. The second-order valence-electron chi connectivity index (χ2n) is 9.66. The third-order valence-electron chi connectivity index (χ3n) is 7.54. The molecule has 0 saturated carbocycles. The van der Waals surface area contributed by atoms with Gasteiger partial charge in [0.2, 0.25) is 0 Å². The van der Waals surface area contributed by atoms with Crippen molar-refractivity contribution in [2.45, 2.75) is 6.92 Å². The topological polar surface area (TPSA) is 9.86 Å². The van der Waals surface area contributed by atoms with Crippen LogP contribution in [0.4, 0.5) is 0 Å². The fourth-order valence-electron chi connectivity index (χ4n) is 5.97. The fraction of sp³-hybridized carbons (Fsp3) is 0.0270. The lowest BCUT2D eigenvalue weighted by Gasteiger charge is -2.18. The maximum absolute atomic E-state index is 6.19. The second kappa shape index (κ2) is 9.24. The monoisotopic (exact) mass is 498 g/mol. The number of fused-ring (bicyclic) bond motifs is 4. The molecule has 7 rings (SSSR count). The van der Waals surface area contributed by atoms with Gasteiger partial charge in [0, 0.05) is 32.8 Å². The van der Waals surface area contributed by atoms with Crippen LogP contribution in [0.25, 0.3) is 61.3 Å². The number of nitrogens with zero attached hydrogens (tertiary/aromatic N) is 2. The van der Waals surface area contributed by atoms with Crippen LogP contribution >= 0.6 is 0 Å². The van der Waals surface area contributed by atoms with Gasteiger partial charge in [-0.3, -0.25) is 0 Å². The van der Waals surface area contributed by atoms with E-state index in [-0.39, 0.29) is 0 Å². The largest absolute Gasteiger partial charge is 0.309 e. The first-order valence-electron chi connectivity index (χ1n) is 13.2. The Kier molecular flexibility index (Phi) is 5.43. The maximum Gasteiger partial charge on any atom is 0.105 e. The molecule has 184 valence electrons. The average Bonchev–Trinajstić information content (AvgIpc) is 3.50. The van der Waals surface area contributed by atoms with E-state index in [1.54, 1.807) is 0 Å². The lowest BCUT2D eigenvalue weighted by molar-refractivity contribution is 1.10. The van der Waals surface area contributed by atoms with Crippen molar-refractivity contribution in [3.8, 4) is 34.8 Å². The Hall–Kier alpha value is -5.26. The highest BCUT2D eigenvalue weighted by molar-refractivity contribution is 6.10. The van der Waals surface area contributed by atoms with Crippen molar-refractivity contribution in [3.63, 3.8) is 0 Å². The van der Waals surface area contributed by atoms with Crippen molar-refractivity contribution in [1.82, 2.24) is 9.13 Å². The van der Waals surface area contributed by atoms with Gasteiger partial charge in [0.15, 0.2) is 0 Å². The van der Waals surface area contributed by atoms with Gasteiger partial charge in [-0.2, -0.15) is 0 Å². The fourth-order valence-corrected chi connectivity index (χ4v) is 5.97. The van der Waals surface area contributed by atoms with E-state index in [2.05, 4.69) is 149 Å². The van der Waals surface area contributed by atoms with Gasteiger partial charge in [-0.15, -0.1) is 6.42 Å². The van der Waals surface area contributed by atoms with Crippen molar-refractivity contribution in [3.05, 3.63) is 139 Å². The summed E-state index contributed by atoms with van der Waals surface area (Å²) in [4.78, 5) is 0. The van der Waals surface area contributed by atoms with Gasteiger partial charge in [0.05, 0.1) is 27.9 Å². The zero-order chi connectivity index (χ0) is 26.3. The molecule has 0 N–H and O–H groups in total. The Morgan fingerprint density at radius 1 is 0.538 bits per heavy atom. The molecule has 0 bridgehead atoms. The molecule has 0 saturated heterocycles. The molecule has 0 atom stereocenters. The number of rotatable bonds is 4. The van der Waals surface area contributed by atoms with Crippen LogP contribution in [0.5, 0.6) is 0 Å². The first-order valence-corrected chi connectivity index (χ1v) is 13.2. The highest BCUT2D eigenvalue weighted by atomic mass is 15.0. The van der Waals surface area contributed by atoms with Crippen LogP contribution in [-0.4, -0.2) is 9.13 Å². The van der Waals surface area contributed by atoms with Gasteiger partial charge in [-0.1, -0.05) is 109 Å². The zero-order valence-electron chi connectivity index (χ0n) is 21.7. The van der Waals surface area contributed by atoms with Crippen LogP contribution in [0.2, 0.25) is 0 Å². The number of allylic oxidation sites excluding steroid dienone is 1. The predicted octanol–water partition coefficient (Wildman–Crippen LogP) is 9.41. The molecule has 0 aliphatic carbocycles. The molecule has 0 amide bonds. The van der Waals surface area contributed by atoms with Crippen LogP contribution in [0, 0.1) is 12.3 Å². The number of para-hydroxylation sites is 5. The summed E-state index contributed by atoms with van der Waals surface area (Å²) in [5.74, 6) is 3.01. The normalized spacial score (nSPS) is 11.6. The van der Waals surface area contributed by atoms with Crippen molar-refractivity contribution < 1.29 is 0 Å². The smallest absolute Gasteiger partial charge is 0.105 e. The Morgan fingerprint density at radius 2 is 0.974 bits per heavy atom. The minimum atomic E-state index is 0.857. The molecule has 5 aromatic carbocycles. The Balaban J connectivity index is 1.57. The number of hydrogen-bond donors (Lipinski definition) is 0. The summed E-state index contributed by atoms with van der Waals surface area (Å²) in [7, 11) is 0. The van der Waals surface area contributed by atoms with Crippen LogP contribution in [0.3, 0.4) is 0 Å². The average molecular weight is 499 g/mol. The Labute approximate surface area is 228 Å². The highest BCUT2D eigenvalue weighted by Crippen LogP contribution is 2.39. The van der Waals surface area contributed by atoms with Crippen molar-refractivity contribution in [1.29, 1.82) is 0 Å². The molecule has 0 fully saturated rings. The molecule has 2 heteroatoms. The van der Waals surface area contributed by atoms with Crippen LogP contribution in [0.1, 0.15) is 18.2 Å². The molecule has 2 aromatic heterocycles. The van der Waals surface area contributed by atoms with Crippen molar-refractivity contribution in [2.24, 2.45) is 0 Å². The van der Waals surface area contributed by atoms with Crippen molar-refractivity contribution in [2.75, 3.05) is 0 Å². The van der Waals surface area contributed by atoms with Crippen LogP contribution in [-0.2, 0) is 0 Å². The lowest BCUT2D eigenvalue weighted by atomic mass is 10.0. The molecule has 0 aliphatic heterocycles. The van der Waals surface area contributed by atoms with E-state index in [9.17, 15) is 0 Å². The molecule has 2 heterocycles. The number of terminal acetylenes is 1. The van der Waals surface area contributed by atoms with Gasteiger partial charge in [-0.05, 0) is 37.3 Å². The first-order chi connectivity index (χ1) is 19.3. The quantitative estimate of drug-likeness (QED) is 0.214. The van der Waals surface area contributed by atoms with E-state index in [1.165, 1.54) is 21.8 Å². The summed E-state index contributed by atoms with van der Waals surface area (Å²) in [5, 5.41) is 3.64. The number of aromatic nitrogens is 2. The van der Waals surface area contributed by atoms with Gasteiger partial charge in [-0.25, -0.2) is 0 Å². The molecule has 2 nitrogen and oxygen atoms in total. The van der Waals surface area contributed by atoms with E-state index in [0.29, 0.717) is 0 Å². The van der Waals surface area contributed by atoms with E-state index >= 15 is 0 Å². The van der Waals surface area contributed by atoms with Gasteiger partial charge < -0.3 is 9.13 Å². The molecule has 39 heavy (non-hydrogen) atoms. The van der Waals surface area contributed by atoms with E-state index < -0.39 is 0 Å². The molecule has 0 radical (unpaired) electrons. The van der Waals surface area contributed by atoms with Gasteiger partial charge in [0.25, 0.3) is 0 Å². The summed E-state index contributed by atoms with van der Waals surface area (Å²) in [6.45, 7) is 2.03.